The van der Waals surface area contributed by atoms with E-state index in [4.69, 9.17) is 15.5 Å². The number of hydrogen-bond acceptors (Lipinski definition) is 5. The fourth-order valence-electron chi connectivity index (χ4n) is 4.30. The van der Waals surface area contributed by atoms with Gasteiger partial charge in [0.2, 0.25) is 0 Å². The molecule has 2 heterocycles. The summed E-state index contributed by atoms with van der Waals surface area (Å²) >= 11 is 0. The van der Waals surface area contributed by atoms with Gasteiger partial charge < -0.3 is 20.4 Å². The summed E-state index contributed by atoms with van der Waals surface area (Å²) in [5.41, 5.74) is 11.4. The molecule has 0 saturated heterocycles. The van der Waals surface area contributed by atoms with Crippen molar-refractivity contribution in [3.8, 4) is 28.3 Å². The normalized spacial score (nSPS) is 12.9. The molecule has 184 valence electrons. The van der Waals surface area contributed by atoms with Gasteiger partial charge in [-0.3, -0.25) is 4.98 Å². The molecule has 2 aromatic heterocycles. The van der Waals surface area contributed by atoms with E-state index in [0.717, 1.165) is 70.2 Å². The van der Waals surface area contributed by atoms with Gasteiger partial charge in [-0.2, -0.15) is 0 Å². The monoisotopic (exact) mass is 471 g/mol. The molecule has 0 bridgehead atoms. The number of H-pyrrole nitrogens is 1. The first-order valence-electron chi connectivity index (χ1n) is 12.4. The molecule has 2 aromatic carbocycles. The molecule has 0 spiro atoms. The fraction of sp³-hybridized carbons (Fsp3) is 0.379. The third-order valence-corrected chi connectivity index (χ3v) is 6.53. The molecule has 0 amide bonds. The Morgan fingerprint density at radius 1 is 0.971 bits per heavy atom. The van der Waals surface area contributed by atoms with Crippen molar-refractivity contribution in [2.45, 2.75) is 46.1 Å². The van der Waals surface area contributed by atoms with Crippen LogP contribution >= 0.6 is 0 Å². The summed E-state index contributed by atoms with van der Waals surface area (Å²) in [4.78, 5) is 15.6. The Balaban J connectivity index is 1.79. The molecule has 1 atom stereocenters. The lowest BCUT2D eigenvalue weighted by Crippen LogP contribution is -2.32. The van der Waals surface area contributed by atoms with E-state index in [9.17, 15) is 0 Å². The number of aromatic amines is 1. The Hall–Kier alpha value is -3.22. The quantitative estimate of drug-likeness (QED) is 0.332. The summed E-state index contributed by atoms with van der Waals surface area (Å²) in [5.74, 6) is 1.80. The zero-order valence-electron chi connectivity index (χ0n) is 21.7. The molecule has 3 N–H and O–H groups in total. The summed E-state index contributed by atoms with van der Waals surface area (Å²) in [6.45, 7) is 13.5. The van der Waals surface area contributed by atoms with E-state index in [1.165, 1.54) is 0 Å². The predicted molar refractivity (Wildman–Crippen MR) is 145 cm³/mol. The number of pyridine rings is 1. The second-order valence-electron chi connectivity index (χ2n) is 10.0. The van der Waals surface area contributed by atoms with E-state index in [2.05, 4.69) is 85.9 Å². The number of ether oxygens (including phenoxy) is 1. The number of nitrogens with zero attached hydrogens (tertiary/aromatic N) is 3. The SMILES string of the molecule is CCN(CC)CC(N)c1cc(-c2[nH]c(C(C)(C)C)nc2-c2ccc3cc(OC)ccc3c2)ccn1. The Labute approximate surface area is 208 Å². The molecule has 0 radical (unpaired) electrons. The minimum Gasteiger partial charge on any atom is -0.497 e. The highest BCUT2D eigenvalue weighted by Crippen LogP contribution is 2.35. The summed E-state index contributed by atoms with van der Waals surface area (Å²) in [7, 11) is 1.69. The molecule has 4 rings (SSSR count). The van der Waals surface area contributed by atoms with Crippen molar-refractivity contribution in [1.82, 2.24) is 19.9 Å². The van der Waals surface area contributed by atoms with Gasteiger partial charge in [-0.05, 0) is 54.2 Å². The van der Waals surface area contributed by atoms with Gasteiger partial charge in [0.15, 0.2) is 0 Å². The van der Waals surface area contributed by atoms with Crippen LogP contribution in [0, 0.1) is 0 Å². The number of nitrogens with two attached hydrogens (primary N) is 1. The van der Waals surface area contributed by atoms with E-state index in [1.807, 2.05) is 18.3 Å². The highest BCUT2D eigenvalue weighted by molar-refractivity contribution is 5.90. The summed E-state index contributed by atoms with van der Waals surface area (Å²) in [5, 5.41) is 2.28. The van der Waals surface area contributed by atoms with Crippen LogP contribution in [0.1, 0.15) is 52.2 Å². The number of aromatic nitrogens is 3. The van der Waals surface area contributed by atoms with Gasteiger partial charge in [-0.1, -0.05) is 52.8 Å². The van der Waals surface area contributed by atoms with Gasteiger partial charge in [-0.15, -0.1) is 0 Å². The van der Waals surface area contributed by atoms with Crippen molar-refractivity contribution in [1.29, 1.82) is 0 Å². The molecule has 6 heteroatoms. The van der Waals surface area contributed by atoms with Gasteiger partial charge in [-0.25, -0.2) is 4.98 Å². The lowest BCUT2D eigenvalue weighted by molar-refractivity contribution is 0.283. The minimum atomic E-state index is -0.154. The molecule has 35 heavy (non-hydrogen) atoms. The fourth-order valence-corrected chi connectivity index (χ4v) is 4.30. The number of imidazole rings is 1. The minimum absolute atomic E-state index is 0.119. The zero-order chi connectivity index (χ0) is 25.2. The van der Waals surface area contributed by atoms with Crippen molar-refractivity contribution >= 4 is 10.8 Å². The van der Waals surface area contributed by atoms with E-state index in [0.29, 0.717) is 0 Å². The van der Waals surface area contributed by atoms with Crippen LogP contribution in [0.25, 0.3) is 33.3 Å². The van der Waals surface area contributed by atoms with Crippen LogP contribution in [0.5, 0.6) is 5.75 Å². The Kier molecular flexibility index (Phi) is 7.24. The number of hydrogen-bond donors (Lipinski definition) is 2. The average Bonchev–Trinajstić information content (AvgIpc) is 3.33. The second-order valence-corrected chi connectivity index (χ2v) is 10.0. The zero-order valence-corrected chi connectivity index (χ0v) is 21.7. The first kappa shape index (κ1) is 24.9. The molecule has 0 aliphatic rings. The van der Waals surface area contributed by atoms with Crippen molar-refractivity contribution < 1.29 is 4.74 Å². The second kappa shape index (κ2) is 10.2. The third-order valence-electron chi connectivity index (χ3n) is 6.53. The highest BCUT2D eigenvalue weighted by Gasteiger charge is 2.23. The molecule has 0 fully saturated rings. The first-order valence-corrected chi connectivity index (χ1v) is 12.4. The van der Waals surface area contributed by atoms with Gasteiger partial charge in [0, 0.05) is 29.3 Å². The number of benzene rings is 2. The Bertz CT molecular complexity index is 1300. The molecule has 0 aliphatic heterocycles. The molecule has 1 unspecified atom stereocenters. The van der Waals surface area contributed by atoms with Crippen molar-refractivity contribution in [2.24, 2.45) is 5.73 Å². The van der Waals surface area contributed by atoms with Crippen LogP contribution in [0.15, 0.2) is 54.7 Å². The van der Waals surface area contributed by atoms with Crippen LogP contribution in [0.2, 0.25) is 0 Å². The van der Waals surface area contributed by atoms with Gasteiger partial charge in [0.25, 0.3) is 0 Å². The maximum absolute atomic E-state index is 6.56. The van der Waals surface area contributed by atoms with E-state index < -0.39 is 0 Å². The van der Waals surface area contributed by atoms with E-state index in [1.54, 1.807) is 7.11 Å². The number of methoxy groups -OCH3 is 1. The maximum Gasteiger partial charge on any atom is 0.119 e. The van der Waals surface area contributed by atoms with Crippen molar-refractivity contribution in [2.75, 3.05) is 26.7 Å². The number of rotatable bonds is 8. The predicted octanol–water partition coefficient (Wildman–Crippen LogP) is 5.94. The smallest absolute Gasteiger partial charge is 0.119 e. The summed E-state index contributed by atoms with van der Waals surface area (Å²) < 4.78 is 5.39. The Morgan fingerprint density at radius 3 is 2.37 bits per heavy atom. The standard InChI is InChI=1S/C29H37N5O/c1-7-34(8-2)18-24(30)25-17-22(13-14-31-25)27-26(32-28(33-27)29(3,4)5)21-10-9-20-16-23(35-6)12-11-19(20)15-21/h9-17,24H,7-8,18,30H2,1-6H3,(H,32,33). The van der Waals surface area contributed by atoms with E-state index >= 15 is 0 Å². The summed E-state index contributed by atoms with van der Waals surface area (Å²) in [6.07, 6.45) is 1.85. The topological polar surface area (TPSA) is 80.1 Å². The van der Waals surface area contributed by atoms with Crippen LogP contribution in [0.4, 0.5) is 0 Å². The number of fused-ring (bicyclic) bond motifs is 1. The Morgan fingerprint density at radius 2 is 1.69 bits per heavy atom. The van der Waals surface area contributed by atoms with Crippen LogP contribution in [0.3, 0.4) is 0 Å². The van der Waals surface area contributed by atoms with Gasteiger partial charge in [0.1, 0.15) is 11.6 Å². The van der Waals surface area contributed by atoms with Crippen molar-refractivity contribution in [3.63, 3.8) is 0 Å². The summed E-state index contributed by atoms with van der Waals surface area (Å²) in [6, 6.07) is 16.6. The highest BCUT2D eigenvalue weighted by atomic mass is 16.5. The molecular formula is C29H37N5O. The largest absolute Gasteiger partial charge is 0.497 e. The van der Waals surface area contributed by atoms with Crippen LogP contribution < -0.4 is 10.5 Å². The number of nitrogens with one attached hydrogen (secondary N) is 1. The van der Waals surface area contributed by atoms with Crippen LogP contribution in [-0.2, 0) is 5.41 Å². The molecule has 4 aromatic rings. The maximum atomic E-state index is 6.56. The lowest BCUT2D eigenvalue weighted by atomic mass is 9.96. The molecular weight excluding hydrogens is 434 g/mol. The number of likely N-dealkylation sites (N-methyl/N-ethyl adjacent to an activating group) is 1. The van der Waals surface area contributed by atoms with Crippen molar-refractivity contribution in [3.05, 3.63) is 66.2 Å². The van der Waals surface area contributed by atoms with Gasteiger partial charge >= 0.3 is 0 Å². The van der Waals surface area contributed by atoms with Crippen LogP contribution in [-0.4, -0.2) is 46.6 Å². The average molecular weight is 472 g/mol. The molecule has 0 aliphatic carbocycles. The third kappa shape index (κ3) is 5.39. The van der Waals surface area contributed by atoms with E-state index in [-0.39, 0.29) is 11.5 Å². The first-order chi connectivity index (χ1) is 16.7. The molecule has 6 nitrogen and oxygen atoms in total. The molecule has 0 saturated carbocycles. The lowest BCUT2D eigenvalue weighted by Gasteiger charge is -2.22. The van der Waals surface area contributed by atoms with Gasteiger partial charge in [0.05, 0.1) is 30.2 Å².